The van der Waals surface area contributed by atoms with Crippen LogP contribution in [0.3, 0.4) is 0 Å². The Morgan fingerprint density at radius 1 is 1.19 bits per heavy atom. The number of nitrogens with zero attached hydrogens (tertiary/aromatic N) is 3. The Labute approximate surface area is 139 Å². The Balaban J connectivity index is 0.000000961. The van der Waals surface area contributed by atoms with Gasteiger partial charge in [0.05, 0.1) is 0 Å². The van der Waals surface area contributed by atoms with Crippen molar-refractivity contribution in [1.82, 2.24) is 20.2 Å². The van der Waals surface area contributed by atoms with Crippen LogP contribution in [0.15, 0.2) is 30.6 Å². The average Bonchev–Trinajstić information content (AvgIpc) is 2.87. The number of hydrogen-bond donors (Lipinski definition) is 3. The number of nitrogens with one attached hydrogen (secondary N) is 2. The summed E-state index contributed by atoms with van der Waals surface area (Å²) >= 11 is 0. The van der Waals surface area contributed by atoms with Gasteiger partial charge in [-0.1, -0.05) is 10.2 Å². The van der Waals surface area contributed by atoms with Crippen LogP contribution in [0.4, 0.5) is 20.4 Å². The zero-order valence-corrected chi connectivity index (χ0v) is 14.1. The zero-order valence-electron chi connectivity index (χ0n) is 10.3. The molecule has 0 aliphatic rings. The van der Waals surface area contributed by atoms with Crippen LogP contribution in [-0.4, -0.2) is 25.5 Å². The number of aromatic amines is 1. The summed E-state index contributed by atoms with van der Waals surface area (Å²) in [6.45, 7) is 0. The molecule has 0 radical (unpaired) electrons. The quantitative estimate of drug-likeness (QED) is 0.293. The second-order valence-corrected chi connectivity index (χ2v) is 3.38. The molecule has 0 aliphatic heterocycles. The standard InChI is InChI=1S/C11H7FN5.FHO.H2S.W/c12-7-1-3-8(4-2-7)15-11-9-10(16-17-11)14-6-5-13-9;1-2;;/h1,3-6H,(H2,14,15,16,17);2H;1H2;/q-1;;;+2/p-1. The van der Waals surface area contributed by atoms with Gasteiger partial charge in [-0.15, -0.1) is 18.2 Å². The van der Waals surface area contributed by atoms with E-state index in [2.05, 4.69) is 31.5 Å². The minimum atomic E-state index is -0.398. The predicted molar refractivity (Wildman–Crippen MR) is 72.3 cm³/mol. The zero-order chi connectivity index (χ0) is 13.7. The molecule has 0 aliphatic carbocycles. The maximum atomic E-state index is 12.7. The summed E-state index contributed by atoms with van der Waals surface area (Å²) in [5.74, 6) is 0.220. The first-order chi connectivity index (χ1) is 9.33. The second kappa shape index (κ2) is 9.38. The molecule has 0 bridgehead atoms. The smallest absolute Gasteiger partial charge is 0.813 e. The summed E-state index contributed by atoms with van der Waals surface area (Å²) in [6.07, 6.45) is 3.15. The molecule has 3 rings (SSSR count). The predicted octanol–water partition coefficient (Wildman–Crippen LogP) is 1.63. The van der Waals surface area contributed by atoms with E-state index >= 15 is 0 Å². The van der Waals surface area contributed by atoms with Crippen molar-refractivity contribution in [3.8, 4) is 0 Å². The molecule has 0 saturated heterocycles. The number of benzene rings is 1. The van der Waals surface area contributed by atoms with E-state index in [9.17, 15) is 4.39 Å². The van der Waals surface area contributed by atoms with Crippen molar-refractivity contribution in [1.29, 1.82) is 0 Å². The number of rotatable bonds is 2. The van der Waals surface area contributed by atoms with Crippen LogP contribution in [0.25, 0.3) is 11.2 Å². The maximum absolute atomic E-state index is 12.7. The van der Waals surface area contributed by atoms with Gasteiger partial charge < -0.3 is 18.8 Å². The molecule has 2 aromatic heterocycles. The van der Waals surface area contributed by atoms with E-state index in [1.54, 1.807) is 18.5 Å². The van der Waals surface area contributed by atoms with Crippen molar-refractivity contribution >= 4 is 36.2 Å². The van der Waals surface area contributed by atoms with Crippen LogP contribution >= 0.6 is 0 Å². The minimum absolute atomic E-state index is 0. The van der Waals surface area contributed by atoms with Crippen molar-refractivity contribution in [3.63, 3.8) is 0 Å². The van der Waals surface area contributed by atoms with Gasteiger partial charge in [0.2, 0.25) is 5.65 Å². The summed E-state index contributed by atoms with van der Waals surface area (Å²) in [4.78, 5) is 8.20. The second-order valence-electron chi connectivity index (χ2n) is 3.38. The van der Waals surface area contributed by atoms with Gasteiger partial charge in [-0.3, -0.25) is 5.10 Å². The molecule has 0 fully saturated rings. The Morgan fingerprint density at radius 3 is 2.57 bits per heavy atom. The van der Waals surface area contributed by atoms with E-state index < -0.39 is 5.82 Å². The monoisotopic (exact) mass is 481 g/mol. The van der Waals surface area contributed by atoms with Gasteiger partial charge >= 0.3 is 21.1 Å². The molecule has 0 saturated carbocycles. The SMILES string of the molecule is Fc1[c-]cc(Nc2[nH]nc3nccnc23)cc1.OF.[SH-].[W+2]. The fourth-order valence-corrected chi connectivity index (χ4v) is 1.47. The Kier molecular flexibility index (Phi) is 8.68. The van der Waals surface area contributed by atoms with E-state index in [0.717, 1.165) is 0 Å². The van der Waals surface area contributed by atoms with Gasteiger partial charge in [-0.2, -0.15) is 11.2 Å². The Morgan fingerprint density at radius 2 is 1.90 bits per heavy atom. The van der Waals surface area contributed by atoms with E-state index in [1.807, 2.05) is 0 Å². The molecule has 0 unspecified atom stereocenters. The molecule has 110 valence electrons. The fraction of sp³-hybridized carbons (Fsp3) is 0. The first-order valence-electron chi connectivity index (χ1n) is 5.09. The molecule has 3 aromatic rings. The first-order valence-corrected chi connectivity index (χ1v) is 5.09. The van der Waals surface area contributed by atoms with E-state index in [0.29, 0.717) is 22.7 Å². The number of halogens is 2. The molecule has 10 heteroatoms. The molecular formula is C11H9F2N5OSW. The maximum Gasteiger partial charge on any atom is 2.00 e. The van der Waals surface area contributed by atoms with Gasteiger partial charge in [-0.25, -0.2) is 19.7 Å². The van der Waals surface area contributed by atoms with E-state index in [-0.39, 0.29) is 34.6 Å². The molecule has 0 amide bonds. The summed E-state index contributed by atoms with van der Waals surface area (Å²) in [7, 11) is 0. The van der Waals surface area contributed by atoms with Crippen molar-refractivity contribution in [3.05, 3.63) is 42.5 Å². The van der Waals surface area contributed by atoms with Crippen LogP contribution in [-0.2, 0) is 34.6 Å². The van der Waals surface area contributed by atoms with Crippen molar-refractivity contribution in [2.75, 3.05) is 5.32 Å². The van der Waals surface area contributed by atoms with Gasteiger partial charge in [0.15, 0.2) is 5.52 Å². The number of fused-ring (bicyclic) bond motifs is 1. The van der Waals surface area contributed by atoms with Gasteiger partial charge in [0, 0.05) is 18.2 Å². The molecule has 0 atom stereocenters. The first kappa shape index (κ1) is 19.4. The number of hydrogen-bond acceptors (Lipinski definition) is 6. The van der Waals surface area contributed by atoms with Crippen LogP contribution in [0.1, 0.15) is 0 Å². The topological polar surface area (TPSA) is 86.7 Å². The summed E-state index contributed by atoms with van der Waals surface area (Å²) in [5.41, 5.74) is 1.86. The summed E-state index contributed by atoms with van der Waals surface area (Å²) < 4.78 is 21.2. The van der Waals surface area contributed by atoms with E-state index in [1.165, 1.54) is 12.1 Å². The van der Waals surface area contributed by atoms with E-state index in [4.69, 9.17) is 9.84 Å². The van der Waals surface area contributed by atoms with Crippen LogP contribution < -0.4 is 5.32 Å². The number of thiol groups is 1. The number of aromatic nitrogens is 4. The number of anilines is 2. The van der Waals surface area contributed by atoms with Gasteiger partial charge in [0.25, 0.3) is 0 Å². The van der Waals surface area contributed by atoms with Crippen molar-refractivity contribution in [2.24, 2.45) is 0 Å². The Bertz CT molecular complexity index is 667. The summed E-state index contributed by atoms with van der Waals surface area (Å²) in [6, 6.07) is 6.91. The molecule has 2 heterocycles. The Hall–Kier alpha value is -1.57. The molecule has 1 aromatic carbocycles. The third kappa shape index (κ3) is 4.73. The number of H-pyrrole nitrogens is 1. The van der Waals surface area contributed by atoms with Crippen LogP contribution in [0.5, 0.6) is 0 Å². The molecule has 0 spiro atoms. The van der Waals surface area contributed by atoms with Gasteiger partial charge in [-0.05, 0) is 0 Å². The van der Waals surface area contributed by atoms with Crippen LogP contribution in [0, 0.1) is 11.9 Å². The fourth-order valence-electron chi connectivity index (χ4n) is 1.47. The molecular weight excluding hydrogens is 472 g/mol. The normalized spacial score (nSPS) is 8.90. The largest absolute Gasteiger partial charge is 2.00 e. The van der Waals surface area contributed by atoms with Crippen molar-refractivity contribution < 1.29 is 35.3 Å². The minimum Gasteiger partial charge on any atom is -0.813 e. The molecule has 3 N–H and O–H groups in total. The molecule has 21 heavy (non-hydrogen) atoms. The third-order valence-corrected chi connectivity index (χ3v) is 2.23. The summed E-state index contributed by atoms with van der Waals surface area (Å²) in [5, 5.41) is 15.3. The van der Waals surface area contributed by atoms with Crippen molar-refractivity contribution in [2.45, 2.75) is 0 Å². The van der Waals surface area contributed by atoms with Gasteiger partial charge in [0.1, 0.15) is 5.82 Å². The van der Waals surface area contributed by atoms with Crippen LogP contribution in [0.2, 0.25) is 0 Å². The third-order valence-electron chi connectivity index (χ3n) is 2.23. The average molecular weight is 481 g/mol. The molecule has 6 nitrogen and oxygen atoms in total.